The molecule has 2 fully saturated rings. The highest BCUT2D eigenvalue weighted by Crippen LogP contribution is 2.42. The zero-order valence-electron chi connectivity index (χ0n) is 18.1. The van der Waals surface area contributed by atoms with Gasteiger partial charge in [0.05, 0.1) is 5.41 Å². The van der Waals surface area contributed by atoms with Gasteiger partial charge in [-0.3, -0.25) is 9.59 Å². The molecule has 6 heteroatoms. The van der Waals surface area contributed by atoms with Crippen LogP contribution >= 0.6 is 0 Å². The number of nitrogens with zero attached hydrogens (tertiary/aromatic N) is 3. The number of benzene rings is 1. The Bertz CT molecular complexity index is 951. The van der Waals surface area contributed by atoms with Crippen LogP contribution in [-0.4, -0.2) is 46.3 Å². The van der Waals surface area contributed by atoms with Crippen molar-refractivity contribution in [3.05, 3.63) is 61.2 Å². The number of hydrogen-bond acceptors (Lipinski definition) is 4. The molecule has 0 spiro atoms. The predicted molar refractivity (Wildman–Crippen MR) is 120 cm³/mol. The average Bonchev–Trinajstić information content (AvgIpc) is 3.54. The summed E-state index contributed by atoms with van der Waals surface area (Å²) in [5.74, 6) is 0.998. The molecule has 1 aromatic carbocycles. The van der Waals surface area contributed by atoms with Gasteiger partial charge < -0.3 is 10.2 Å². The van der Waals surface area contributed by atoms with Gasteiger partial charge in [0, 0.05) is 43.5 Å². The number of rotatable bonds is 7. The number of aromatic nitrogens is 2. The molecule has 1 saturated heterocycles. The van der Waals surface area contributed by atoms with Crippen molar-refractivity contribution < 1.29 is 9.59 Å². The van der Waals surface area contributed by atoms with Crippen molar-refractivity contribution >= 4 is 11.8 Å². The summed E-state index contributed by atoms with van der Waals surface area (Å²) in [6.07, 6.45) is 9.78. The van der Waals surface area contributed by atoms with E-state index in [-0.39, 0.29) is 17.7 Å². The maximum Gasteiger partial charge on any atom is 0.226 e. The molecule has 2 aromatic rings. The van der Waals surface area contributed by atoms with Crippen molar-refractivity contribution in [2.45, 2.75) is 32.6 Å². The summed E-state index contributed by atoms with van der Waals surface area (Å²) in [5, 5.41) is 3.02. The molecule has 1 aliphatic heterocycles. The quantitative estimate of drug-likeness (QED) is 0.701. The molecule has 0 radical (unpaired) electrons. The third-order valence-electron chi connectivity index (χ3n) is 6.71. The van der Waals surface area contributed by atoms with Crippen LogP contribution in [0.1, 0.15) is 31.7 Å². The third-order valence-corrected chi connectivity index (χ3v) is 6.71. The highest BCUT2D eigenvalue weighted by atomic mass is 16.2. The summed E-state index contributed by atoms with van der Waals surface area (Å²) in [4.78, 5) is 36.1. The Kier molecular flexibility index (Phi) is 6.16. The fourth-order valence-corrected chi connectivity index (χ4v) is 4.59. The van der Waals surface area contributed by atoms with Gasteiger partial charge in [-0.1, -0.05) is 37.3 Å². The molecule has 31 heavy (non-hydrogen) atoms. The molecule has 162 valence electrons. The molecule has 2 amide bonds. The van der Waals surface area contributed by atoms with E-state index >= 15 is 0 Å². The largest absolute Gasteiger partial charge is 0.352 e. The topological polar surface area (TPSA) is 75.2 Å². The summed E-state index contributed by atoms with van der Waals surface area (Å²) in [6, 6.07) is 8.23. The lowest BCUT2D eigenvalue weighted by Gasteiger charge is -2.41. The molecular weight excluding hydrogens is 388 g/mol. The number of likely N-dealkylation sites (tertiary alicyclic amines) is 1. The van der Waals surface area contributed by atoms with Crippen LogP contribution in [0.5, 0.6) is 0 Å². The first-order valence-electron chi connectivity index (χ1n) is 11.0. The second-order valence-corrected chi connectivity index (χ2v) is 8.93. The van der Waals surface area contributed by atoms with Crippen LogP contribution in [0.15, 0.2) is 55.6 Å². The summed E-state index contributed by atoms with van der Waals surface area (Å²) in [5.41, 5.74) is 2.56. The van der Waals surface area contributed by atoms with Gasteiger partial charge in [-0.05, 0) is 42.7 Å². The predicted octanol–water partition coefficient (Wildman–Crippen LogP) is 3.25. The van der Waals surface area contributed by atoms with Gasteiger partial charge in [0.1, 0.15) is 6.33 Å². The molecule has 6 nitrogen and oxygen atoms in total. The van der Waals surface area contributed by atoms with Crippen molar-refractivity contribution in [3.8, 4) is 11.1 Å². The lowest BCUT2D eigenvalue weighted by Crippen LogP contribution is -2.51. The second-order valence-electron chi connectivity index (χ2n) is 8.93. The van der Waals surface area contributed by atoms with Crippen molar-refractivity contribution in [1.29, 1.82) is 0 Å². The summed E-state index contributed by atoms with van der Waals surface area (Å²) >= 11 is 0. The highest BCUT2D eigenvalue weighted by Gasteiger charge is 2.46. The van der Waals surface area contributed by atoms with Crippen LogP contribution in [0.3, 0.4) is 0 Å². The average molecular weight is 419 g/mol. The Labute approximate surface area is 183 Å². The fourth-order valence-electron chi connectivity index (χ4n) is 4.59. The minimum Gasteiger partial charge on any atom is -0.352 e. The second kappa shape index (κ2) is 9.00. The maximum atomic E-state index is 13.2. The fraction of sp³-hybridized carbons (Fsp3) is 0.440. The maximum absolute atomic E-state index is 13.2. The van der Waals surface area contributed by atoms with E-state index in [0.717, 1.165) is 23.1 Å². The van der Waals surface area contributed by atoms with Crippen molar-refractivity contribution in [1.82, 2.24) is 20.2 Å². The summed E-state index contributed by atoms with van der Waals surface area (Å²) in [6.45, 7) is 7.57. The van der Waals surface area contributed by atoms with Crippen molar-refractivity contribution in [2.24, 2.45) is 17.3 Å². The van der Waals surface area contributed by atoms with Gasteiger partial charge >= 0.3 is 0 Å². The zero-order chi connectivity index (χ0) is 21.8. The van der Waals surface area contributed by atoms with Crippen LogP contribution in [0, 0.1) is 17.3 Å². The van der Waals surface area contributed by atoms with Crippen LogP contribution in [0.4, 0.5) is 0 Å². The van der Waals surface area contributed by atoms with Crippen LogP contribution < -0.4 is 5.32 Å². The molecule has 2 atom stereocenters. The van der Waals surface area contributed by atoms with Crippen LogP contribution in [0.25, 0.3) is 11.1 Å². The van der Waals surface area contributed by atoms with Crippen molar-refractivity contribution in [3.63, 3.8) is 0 Å². The molecule has 1 aliphatic carbocycles. The number of hydrogen-bond donors (Lipinski definition) is 1. The number of amides is 2. The van der Waals surface area contributed by atoms with E-state index in [1.165, 1.54) is 6.33 Å². The third kappa shape index (κ3) is 4.68. The highest BCUT2D eigenvalue weighted by molar-refractivity contribution is 5.85. The van der Waals surface area contributed by atoms with Gasteiger partial charge in [0.15, 0.2) is 0 Å². The van der Waals surface area contributed by atoms with Crippen molar-refractivity contribution in [2.75, 3.05) is 19.6 Å². The Morgan fingerprint density at radius 2 is 1.94 bits per heavy atom. The van der Waals surface area contributed by atoms with E-state index in [9.17, 15) is 9.59 Å². The first kappa shape index (κ1) is 21.2. The van der Waals surface area contributed by atoms with Gasteiger partial charge in [-0.15, -0.1) is 6.58 Å². The van der Waals surface area contributed by atoms with E-state index in [0.29, 0.717) is 44.8 Å². The zero-order valence-corrected chi connectivity index (χ0v) is 18.1. The normalized spacial score (nSPS) is 21.9. The van der Waals surface area contributed by atoms with Gasteiger partial charge in [0.25, 0.3) is 0 Å². The number of carbonyl (C=O) groups excluding carboxylic acids is 2. The molecule has 1 aromatic heterocycles. The van der Waals surface area contributed by atoms with Gasteiger partial charge in [0.2, 0.25) is 11.8 Å². The lowest BCUT2D eigenvalue weighted by molar-refractivity contribution is -0.141. The molecule has 1 saturated carbocycles. The number of piperidine rings is 1. The van der Waals surface area contributed by atoms with Crippen LogP contribution in [-0.2, 0) is 16.0 Å². The van der Waals surface area contributed by atoms with Crippen LogP contribution in [0.2, 0.25) is 0 Å². The van der Waals surface area contributed by atoms with Gasteiger partial charge in [-0.2, -0.15) is 0 Å². The van der Waals surface area contributed by atoms with Gasteiger partial charge in [-0.25, -0.2) is 9.97 Å². The Morgan fingerprint density at radius 3 is 2.58 bits per heavy atom. The van der Waals surface area contributed by atoms with E-state index in [4.69, 9.17) is 0 Å². The SMILES string of the molecule is C=CCNC(=O)C1(Cc2cccc(-c3cncnc3)c2)CCN(C(=O)[C@@H]2C[C@H]2C)CC1. The standard InChI is InChI=1S/C25H30N4O2/c1-3-9-28-24(31)25(7-10-29(11-8-25)23(30)22-12-18(22)2)14-19-5-4-6-20(13-19)21-15-26-17-27-16-21/h3-6,13,15-18,22H,1,7-12,14H2,2H3,(H,28,31)/t18-,22-/m1/s1. The first-order chi connectivity index (χ1) is 15.0. The minimum atomic E-state index is -0.527. The summed E-state index contributed by atoms with van der Waals surface area (Å²) in [7, 11) is 0. The van der Waals surface area contributed by atoms with E-state index in [1.54, 1.807) is 18.5 Å². The Hall–Kier alpha value is -3.02. The Balaban J connectivity index is 1.53. The monoisotopic (exact) mass is 418 g/mol. The lowest BCUT2D eigenvalue weighted by atomic mass is 9.72. The smallest absolute Gasteiger partial charge is 0.226 e. The Morgan fingerprint density at radius 1 is 1.23 bits per heavy atom. The van der Waals surface area contributed by atoms with E-state index < -0.39 is 5.41 Å². The number of nitrogens with one attached hydrogen (secondary N) is 1. The summed E-state index contributed by atoms with van der Waals surface area (Å²) < 4.78 is 0. The number of carbonyl (C=O) groups is 2. The molecule has 0 bridgehead atoms. The molecule has 2 aliphatic rings. The van der Waals surface area contributed by atoms with E-state index in [2.05, 4.69) is 40.9 Å². The molecular formula is C25H30N4O2. The molecule has 1 N–H and O–H groups in total. The molecule has 2 heterocycles. The molecule has 4 rings (SSSR count). The minimum absolute atomic E-state index is 0.0488. The first-order valence-corrected chi connectivity index (χ1v) is 11.0. The molecule has 0 unspecified atom stereocenters. The van der Waals surface area contributed by atoms with E-state index in [1.807, 2.05) is 17.0 Å².